The molecule has 74 valence electrons. The summed E-state index contributed by atoms with van der Waals surface area (Å²) >= 11 is 0. The molecule has 1 fully saturated rings. The molecule has 0 bridgehead atoms. The van der Waals surface area contributed by atoms with Crippen molar-refractivity contribution in [2.45, 2.75) is 44.2 Å². The molecule has 2 unspecified atom stereocenters. The highest BCUT2D eigenvalue weighted by molar-refractivity contribution is 4.80. The van der Waals surface area contributed by atoms with Gasteiger partial charge in [0.15, 0.2) is 0 Å². The van der Waals surface area contributed by atoms with E-state index in [0.29, 0.717) is 18.6 Å². The standard InChI is InChI=1S/C10H18N2O/c1-13-10-5-2-4-9(8-10)12-7-3-6-11/h9-10,12H,2-5,7-8H2,1H3. The molecular weight excluding hydrogens is 164 g/mol. The van der Waals surface area contributed by atoms with Crippen LogP contribution >= 0.6 is 0 Å². The summed E-state index contributed by atoms with van der Waals surface area (Å²) in [6, 6.07) is 2.70. The van der Waals surface area contributed by atoms with E-state index in [1.807, 2.05) is 0 Å². The number of nitriles is 1. The van der Waals surface area contributed by atoms with Crippen LogP contribution < -0.4 is 5.32 Å². The van der Waals surface area contributed by atoms with Crippen molar-refractivity contribution in [3.63, 3.8) is 0 Å². The monoisotopic (exact) mass is 182 g/mol. The molecular formula is C10H18N2O. The number of methoxy groups -OCH3 is 1. The Morgan fingerprint density at radius 1 is 1.54 bits per heavy atom. The predicted octanol–water partition coefficient (Wildman–Crippen LogP) is 1.45. The lowest BCUT2D eigenvalue weighted by atomic mass is 9.93. The maximum atomic E-state index is 8.38. The average Bonchev–Trinajstić information content (AvgIpc) is 2.19. The van der Waals surface area contributed by atoms with Crippen LogP contribution in [-0.4, -0.2) is 25.8 Å². The molecule has 2 atom stereocenters. The zero-order valence-electron chi connectivity index (χ0n) is 8.25. The van der Waals surface area contributed by atoms with E-state index >= 15 is 0 Å². The van der Waals surface area contributed by atoms with Crippen LogP contribution in [0.2, 0.25) is 0 Å². The van der Waals surface area contributed by atoms with Crippen molar-refractivity contribution in [3.8, 4) is 6.07 Å². The summed E-state index contributed by atoms with van der Waals surface area (Å²) in [4.78, 5) is 0. The van der Waals surface area contributed by atoms with Crippen LogP contribution in [0.25, 0.3) is 0 Å². The van der Waals surface area contributed by atoms with E-state index in [1.54, 1.807) is 7.11 Å². The first-order valence-electron chi connectivity index (χ1n) is 5.00. The maximum absolute atomic E-state index is 8.38. The normalized spacial score (nSPS) is 28.3. The molecule has 0 radical (unpaired) electrons. The Hall–Kier alpha value is -0.590. The van der Waals surface area contributed by atoms with Gasteiger partial charge in [0.25, 0.3) is 0 Å². The quantitative estimate of drug-likeness (QED) is 0.669. The third kappa shape index (κ3) is 3.75. The summed E-state index contributed by atoms with van der Waals surface area (Å²) in [6.45, 7) is 0.817. The summed E-state index contributed by atoms with van der Waals surface area (Å²) in [5, 5.41) is 11.8. The zero-order chi connectivity index (χ0) is 9.52. The third-order valence-electron chi connectivity index (χ3n) is 2.63. The number of ether oxygens (including phenoxy) is 1. The second kappa shape index (κ2) is 5.95. The van der Waals surface area contributed by atoms with Gasteiger partial charge in [-0.1, -0.05) is 0 Å². The van der Waals surface area contributed by atoms with Gasteiger partial charge < -0.3 is 10.1 Å². The largest absolute Gasteiger partial charge is 0.381 e. The van der Waals surface area contributed by atoms with Gasteiger partial charge in [-0.3, -0.25) is 0 Å². The van der Waals surface area contributed by atoms with Crippen LogP contribution in [0.15, 0.2) is 0 Å². The van der Waals surface area contributed by atoms with Crippen molar-refractivity contribution in [2.75, 3.05) is 13.7 Å². The van der Waals surface area contributed by atoms with Gasteiger partial charge in [0.2, 0.25) is 0 Å². The fraction of sp³-hybridized carbons (Fsp3) is 0.900. The van der Waals surface area contributed by atoms with Gasteiger partial charge >= 0.3 is 0 Å². The van der Waals surface area contributed by atoms with Gasteiger partial charge in [-0.2, -0.15) is 5.26 Å². The number of hydrogen-bond acceptors (Lipinski definition) is 3. The molecule has 3 heteroatoms. The van der Waals surface area contributed by atoms with Crippen LogP contribution in [0.5, 0.6) is 0 Å². The first kappa shape index (κ1) is 10.5. The van der Waals surface area contributed by atoms with Crippen molar-refractivity contribution in [1.82, 2.24) is 5.32 Å². The van der Waals surface area contributed by atoms with Gasteiger partial charge in [-0.15, -0.1) is 0 Å². The molecule has 3 nitrogen and oxygen atoms in total. The van der Waals surface area contributed by atoms with Crippen LogP contribution in [-0.2, 0) is 4.74 Å². The summed E-state index contributed by atoms with van der Waals surface area (Å²) in [7, 11) is 1.78. The number of rotatable bonds is 4. The van der Waals surface area contributed by atoms with Gasteiger partial charge in [0.05, 0.1) is 12.2 Å². The molecule has 0 heterocycles. The Labute approximate surface area is 80.1 Å². The Balaban J connectivity index is 2.15. The molecule has 0 aromatic heterocycles. The summed E-state index contributed by atoms with van der Waals surface area (Å²) in [6.07, 6.45) is 5.78. The lowest BCUT2D eigenvalue weighted by Crippen LogP contribution is -2.37. The minimum atomic E-state index is 0.424. The van der Waals surface area contributed by atoms with Crippen LogP contribution in [0.4, 0.5) is 0 Å². The second-order valence-electron chi connectivity index (χ2n) is 3.58. The fourth-order valence-electron chi connectivity index (χ4n) is 1.88. The molecule has 0 aromatic carbocycles. The molecule has 1 saturated carbocycles. The first-order valence-corrected chi connectivity index (χ1v) is 5.00. The SMILES string of the molecule is COC1CCCC(NCCC#N)C1. The summed E-state index contributed by atoms with van der Waals surface area (Å²) in [5.41, 5.74) is 0. The highest BCUT2D eigenvalue weighted by Gasteiger charge is 2.20. The van der Waals surface area contributed by atoms with Crippen LogP contribution in [0.3, 0.4) is 0 Å². The number of nitrogens with zero attached hydrogens (tertiary/aromatic N) is 1. The van der Waals surface area contributed by atoms with Crippen LogP contribution in [0, 0.1) is 11.3 Å². The molecule has 1 aliphatic rings. The van der Waals surface area contributed by atoms with Crippen molar-refractivity contribution < 1.29 is 4.74 Å². The highest BCUT2D eigenvalue weighted by atomic mass is 16.5. The maximum Gasteiger partial charge on any atom is 0.0635 e. The Morgan fingerprint density at radius 2 is 2.38 bits per heavy atom. The Bertz CT molecular complexity index is 176. The van der Waals surface area contributed by atoms with E-state index in [-0.39, 0.29) is 0 Å². The van der Waals surface area contributed by atoms with E-state index in [1.165, 1.54) is 19.3 Å². The van der Waals surface area contributed by atoms with E-state index < -0.39 is 0 Å². The molecule has 13 heavy (non-hydrogen) atoms. The molecule has 0 aromatic rings. The zero-order valence-corrected chi connectivity index (χ0v) is 8.25. The molecule has 1 rings (SSSR count). The molecule has 1 aliphatic carbocycles. The predicted molar refractivity (Wildman–Crippen MR) is 51.3 cm³/mol. The molecule has 1 N–H and O–H groups in total. The van der Waals surface area contributed by atoms with Crippen LogP contribution in [0.1, 0.15) is 32.1 Å². The van der Waals surface area contributed by atoms with Crippen molar-refractivity contribution in [3.05, 3.63) is 0 Å². The Kier molecular flexibility index (Phi) is 4.81. The van der Waals surface area contributed by atoms with E-state index in [4.69, 9.17) is 10.00 Å². The van der Waals surface area contributed by atoms with Crippen molar-refractivity contribution >= 4 is 0 Å². The third-order valence-corrected chi connectivity index (χ3v) is 2.63. The van der Waals surface area contributed by atoms with E-state index in [2.05, 4.69) is 11.4 Å². The summed E-state index contributed by atoms with van der Waals surface area (Å²) < 4.78 is 5.32. The minimum Gasteiger partial charge on any atom is -0.381 e. The lowest BCUT2D eigenvalue weighted by molar-refractivity contribution is 0.0590. The van der Waals surface area contributed by atoms with Gasteiger partial charge in [-0.05, 0) is 25.7 Å². The smallest absolute Gasteiger partial charge is 0.0635 e. The van der Waals surface area contributed by atoms with E-state index in [9.17, 15) is 0 Å². The molecule has 0 amide bonds. The van der Waals surface area contributed by atoms with Gasteiger partial charge in [0.1, 0.15) is 0 Å². The fourth-order valence-corrected chi connectivity index (χ4v) is 1.88. The van der Waals surface area contributed by atoms with Crippen molar-refractivity contribution in [2.24, 2.45) is 0 Å². The minimum absolute atomic E-state index is 0.424. The molecule has 0 spiro atoms. The van der Waals surface area contributed by atoms with Gasteiger partial charge in [0, 0.05) is 26.1 Å². The van der Waals surface area contributed by atoms with E-state index in [0.717, 1.165) is 13.0 Å². The lowest BCUT2D eigenvalue weighted by Gasteiger charge is -2.28. The molecule has 0 saturated heterocycles. The Morgan fingerprint density at radius 3 is 3.08 bits per heavy atom. The average molecular weight is 182 g/mol. The second-order valence-corrected chi connectivity index (χ2v) is 3.58. The highest BCUT2D eigenvalue weighted by Crippen LogP contribution is 2.20. The topological polar surface area (TPSA) is 45.0 Å². The van der Waals surface area contributed by atoms with Gasteiger partial charge in [-0.25, -0.2) is 0 Å². The van der Waals surface area contributed by atoms with Crippen molar-refractivity contribution in [1.29, 1.82) is 5.26 Å². The first-order chi connectivity index (χ1) is 6.36. The number of hydrogen-bond donors (Lipinski definition) is 1. The number of nitrogens with one attached hydrogen (secondary N) is 1. The summed E-state index contributed by atoms with van der Waals surface area (Å²) in [5.74, 6) is 0. The molecule has 0 aliphatic heterocycles.